The Bertz CT molecular complexity index is 991. The third-order valence-electron chi connectivity index (χ3n) is 5.30. The quantitative estimate of drug-likeness (QED) is 0.632. The number of aliphatic hydroxyl groups excluding tert-OH is 1. The Morgan fingerprint density at radius 3 is 2.70 bits per heavy atom. The van der Waals surface area contributed by atoms with E-state index in [1.165, 1.54) is 0 Å². The highest BCUT2D eigenvalue weighted by Gasteiger charge is 2.26. The molecular formula is C24H27N3O3. The van der Waals surface area contributed by atoms with E-state index in [4.69, 9.17) is 9.47 Å². The molecule has 3 aromatic rings. The molecule has 1 aliphatic rings. The number of para-hydroxylation sites is 1. The van der Waals surface area contributed by atoms with Gasteiger partial charge in [-0.2, -0.15) is 0 Å². The van der Waals surface area contributed by atoms with E-state index in [2.05, 4.69) is 21.8 Å². The van der Waals surface area contributed by atoms with Gasteiger partial charge < -0.3 is 19.5 Å². The molecule has 1 fully saturated rings. The van der Waals surface area contributed by atoms with Gasteiger partial charge in [0, 0.05) is 31.3 Å². The number of rotatable bonds is 7. The fourth-order valence-corrected chi connectivity index (χ4v) is 3.68. The third kappa shape index (κ3) is 4.54. The summed E-state index contributed by atoms with van der Waals surface area (Å²) in [5, 5.41) is 9.91. The van der Waals surface area contributed by atoms with E-state index in [9.17, 15) is 5.11 Å². The fourth-order valence-electron chi connectivity index (χ4n) is 3.68. The summed E-state index contributed by atoms with van der Waals surface area (Å²) in [7, 11) is 0. The number of ether oxygens (including phenoxy) is 2. The molecular weight excluding hydrogens is 378 g/mol. The Hall–Kier alpha value is -3.12. The number of benzene rings is 1. The number of nitrogens with zero attached hydrogens (tertiary/aromatic N) is 3. The maximum Gasteiger partial charge on any atom is 0.219 e. The molecule has 3 heterocycles. The Balaban J connectivity index is 1.46. The molecule has 0 amide bonds. The SMILES string of the molecule is CCc1ccccc1Oc1ccc(N2CCC(Oc3ccc(C)cn3)C2)c(CO)n1. The Labute approximate surface area is 177 Å². The molecule has 156 valence electrons. The van der Waals surface area contributed by atoms with Crippen LogP contribution in [0.5, 0.6) is 17.5 Å². The van der Waals surface area contributed by atoms with Gasteiger partial charge in [0.1, 0.15) is 11.9 Å². The molecule has 0 saturated carbocycles. The Morgan fingerprint density at radius 1 is 1.10 bits per heavy atom. The van der Waals surface area contributed by atoms with Crippen LogP contribution in [0.4, 0.5) is 5.69 Å². The second-order valence-corrected chi connectivity index (χ2v) is 7.49. The van der Waals surface area contributed by atoms with Crippen molar-refractivity contribution < 1.29 is 14.6 Å². The predicted octanol–water partition coefficient (Wildman–Crippen LogP) is 4.29. The van der Waals surface area contributed by atoms with Gasteiger partial charge in [-0.25, -0.2) is 9.97 Å². The van der Waals surface area contributed by atoms with Gasteiger partial charge in [-0.1, -0.05) is 31.2 Å². The van der Waals surface area contributed by atoms with Gasteiger partial charge in [-0.15, -0.1) is 0 Å². The van der Waals surface area contributed by atoms with Crippen LogP contribution < -0.4 is 14.4 Å². The summed E-state index contributed by atoms with van der Waals surface area (Å²) in [6.07, 6.45) is 3.64. The van der Waals surface area contributed by atoms with Crippen LogP contribution in [0.2, 0.25) is 0 Å². The molecule has 1 aromatic carbocycles. The lowest BCUT2D eigenvalue weighted by Crippen LogP contribution is -2.26. The molecule has 1 unspecified atom stereocenters. The maximum absolute atomic E-state index is 9.91. The van der Waals surface area contributed by atoms with Crippen molar-refractivity contribution in [1.82, 2.24) is 9.97 Å². The molecule has 6 heteroatoms. The zero-order valence-electron chi connectivity index (χ0n) is 17.4. The van der Waals surface area contributed by atoms with Crippen LogP contribution in [0.25, 0.3) is 0 Å². The Morgan fingerprint density at radius 2 is 1.93 bits per heavy atom. The highest BCUT2D eigenvalue weighted by atomic mass is 16.5. The third-order valence-corrected chi connectivity index (χ3v) is 5.30. The Kier molecular flexibility index (Phi) is 6.14. The largest absolute Gasteiger partial charge is 0.472 e. The van der Waals surface area contributed by atoms with Crippen molar-refractivity contribution in [2.75, 3.05) is 18.0 Å². The molecule has 30 heavy (non-hydrogen) atoms. The minimum absolute atomic E-state index is 0.0547. The lowest BCUT2D eigenvalue weighted by Gasteiger charge is -2.21. The molecule has 0 aliphatic carbocycles. The zero-order valence-corrected chi connectivity index (χ0v) is 17.4. The summed E-state index contributed by atoms with van der Waals surface area (Å²) in [6, 6.07) is 15.7. The van der Waals surface area contributed by atoms with E-state index >= 15 is 0 Å². The second-order valence-electron chi connectivity index (χ2n) is 7.49. The van der Waals surface area contributed by atoms with Crippen molar-refractivity contribution in [2.24, 2.45) is 0 Å². The lowest BCUT2D eigenvalue weighted by atomic mass is 10.1. The van der Waals surface area contributed by atoms with Crippen LogP contribution >= 0.6 is 0 Å². The van der Waals surface area contributed by atoms with Gasteiger partial charge >= 0.3 is 0 Å². The number of pyridine rings is 2. The molecule has 0 bridgehead atoms. The number of hydrogen-bond donors (Lipinski definition) is 1. The highest BCUT2D eigenvalue weighted by Crippen LogP contribution is 2.30. The summed E-state index contributed by atoms with van der Waals surface area (Å²) in [5.41, 5.74) is 3.75. The van der Waals surface area contributed by atoms with Crippen molar-refractivity contribution in [1.29, 1.82) is 0 Å². The van der Waals surface area contributed by atoms with Gasteiger partial charge in [-0.3, -0.25) is 0 Å². The molecule has 4 rings (SSSR count). The first kappa shape index (κ1) is 20.2. The minimum Gasteiger partial charge on any atom is -0.472 e. The van der Waals surface area contributed by atoms with Crippen LogP contribution in [0.15, 0.2) is 54.7 Å². The first-order valence-corrected chi connectivity index (χ1v) is 10.4. The molecule has 6 nitrogen and oxygen atoms in total. The van der Waals surface area contributed by atoms with E-state index in [1.807, 2.05) is 61.7 Å². The summed E-state index contributed by atoms with van der Waals surface area (Å²) < 4.78 is 12.0. The smallest absolute Gasteiger partial charge is 0.219 e. The zero-order chi connectivity index (χ0) is 20.9. The average Bonchev–Trinajstić information content (AvgIpc) is 3.24. The summed E-state index contributed by atoms with van der Waals surface area (Å²) >= 11 is 0. The van der Waals surface area contributed by atoms with E-state index < -0.39 is 0 Å². The van der Waals surface area contributed by atoms with Gasteiger partial charge in [-0.05, 0) is 36.6 Å². The summed E-state index contributed by atoms with van der Waals surface area (Å²) in [4.78, 5) is 11.1. The molecule has 1 saturated heterocycles. The van der Waals surface area contributed by atoms with Crippen molar-refractivity contribution >= 4 is 5.69 Å². The summed E-state index contributed by atoms with van der Waals surface area (Å²) in [6.45, 7) is 5.51. The van der Waals surface area contributed by atoms with Crippen LogP contribution in [-0.2, 0) is 13.0 Å². The molecule has 2 aromatic heterocycles. The topological polar surface area (TPSA) is 67.7 Å². The van der Waals surface area contributed by atoms with Crippen molar-refractivity contribution in [3.8, 4) is 17.5 Å². The predicted molar refractivity (Wildman–Crippen MR) is 116 cm³/mol. The van der Waals surface area contributed by atoms with Crippen molar-refractivity contribution in [3.05, 3.63) is 71.5 Å². The van der Waals surface area contributed by atoms with Crippen LogP contribution in [0, 0.1) is 6.92 Å². The van der Waals surface area contributed by atoms with Crippen LogP contribution in [0.1, 0.15) is 30.2 Å². The standard InChI is InChI=1S/C24H27N3O3/c1-3-18-6-4-5-7-22(18)30-24-11-9-21(20(16-28)26-24)27-13-12-19(15-27)29-23-10-8-17(2)14-25-23/h4-11,14,19,28H,3,12-13,15-16H2,1-2H3. The van der Waals surface area contributed by atoms with Crippen LogP contribution in [0.3, 0.4) is 0 Å². The maximum atomic E-state index is 9.91. The normalized spacial score (nSPS) is 16.0. The molecule has 0 spiro atoms. The monoisotopic (exact) mass is 405 g/mol. The van der Waals surface area contributed by atoms with Gasteiger partial charge in [0.15, 0.2) is 0 Å². The van der Waals surface area contributed by atoms with E-state index in [0.29, 0.717) is 17.5 Å². The number of anilines is 1. The molecule has 0 radical (unpaired) electrons. The average molecular weight is 405 g/mol. The van der Waals surface area contributed by atoms with Crippen molar-refractivity contribution in [3.63, 3.8) is 0 Å². The van der Waals surface area contributed by atoms with Gasteiger partial charge in [0.05, 0.1) is 24.5 Å². The second kappa shape index (κ2) is 9.13. The number of aliphatic hydroxyl groups is 1. The van der Waals surface area contributed by atoms with Gasteiger partial charge in [0.25, 0.3) is 0 Å². The molecule has 1 N–H and O–H groups in total. The number of hydrogen-bond acceptors (Lipinski definition) is 6. The first-order valence-electron chi connectivity index (χ1n) is 10.4. The van der Waals surface area contributed by atoms with E-state index in [1.54, 1.807) is 0 Å². The van der Waals surface area contributed by atoms with Crippen LogP contribution in [-0.4, -0.2) is 34.3 Å². The number of aromatic nitrogens is 2. The minimum atomic E-state index is -0.149. The van der Waals surface area contributed by atoms with E-state index in [-0.39, 0.29) is 12.7 Å². The van der Waals surface area contributed by atoms with Gasteiger partial charge in [0.2, 0.25) is 11.8 Å². The first-order chi connectivity index (χ1) is 14.7. The fraction of sp³-hybridized carbons (Fsp3) is 0.333. The molecule has 1 aliphatic heterocycles. The van der Waals surface area contributed by atoms with Crippen molar-refractivity contribution in [2.45, 2.75) is 39.4 Å². The number of aryl methyl sites for hydroxylation is 2. The summed E-state index contributed by atoms with van der Waals surface area (Å²) in [5.74, 6) is 1.93. The van der Waals surface area contributed by atoms with E-state index in [0.717, 1.165) is 48.5 Å². The molecule has 1 atom stereocenters. The lowest BCUT2D eigenvalue weighted by molar-refractivity contribution is 0.215. The highest BCUT2D eigenvalue weighted by molar-refractivity contribution is 5.53.